The minimum Gasteiger partial charge on any atom is -0.383 e. The number of amides is 1. The second-order valence-corrected chi connectivity index (χ2v) is 9.63. The second kappa shape index (κ2) is 9.69. The molecule has 3 rings (SSSR count). The summed E-state index contributed by atoms with van der Waals surface area (Å²) in [7, 11) is -0.913. The standard InChI is InChI=1S/C22H28N6O5S/c1-5-27(6-2)34(32,33)16-12-17(25(3)14-16)21(30)26(4)18-19(23)28(22(31)24-20(18)29)13-15-10-8-7-9-11-15/h7-12,14H,5-6,13,23H2,1-4H3,(H,24,29,31). The van der Waals surface area contributed by atoms with Gasteiger partial charge in [-0.25, -0.2) is 13.2 Å². The van der Waals surface area contributed by atoms with E-state index in [1.165, 1.54) is 35.2 Å². The summed E-state index contributed by atoms with van der Waals surface area (Å²) in [6, 6.07) is 10.3. The van der Waals surface area contributed by atoms with Crippen LogP contribution in [0, 0.1) is 0 Å². The molecular weight excluding hydrogens is 460 g/mol. The van der Waals surface area contributed by atoms with Crippen LogP contribution in [0.4, 0.5) is 11.5 Å². The van der Waals surface area contributed by atoms with Gasteiger partial charge >= 0.3 is 5.69 Å². The van der Waals surface area contributed by atoms with Crippen molar-refractivity contribution in [3.63, 3.8) is 0 Å². The lowest BCUT2D eigenvalue weighted by atomic mass is 10.2. The van der Waals surface area contributed by atoms with Crippen molar-refractivity contribution in [2.45, 2.75) is 25.3 Å². The summed E-state index contributed by atoms with van der Waals surface area (Å²) in [5.41, 5.74) is 5.24. The molecule has 0 spiro atoms. The first-order chi connectivity index (χ1) is 16.0. The summed E-state index contributed by atoms with van der Waals surface area (Å²) in [4.78, 5) is 41.5. The van der Waals surface area contributed by atoms with Gasteiger partial charge in [-0.2, -0.15) is 4.31 Å². The number of aromatic nitrogens is 3. The molecule has 0 fully saturated rings. The summed E-state index contributed by atoms with van der Waals surface area (Å²) < 4.78 is 29.5. The fraction of sp³-hybridized carbons (Fsp3) is 0.318. The van der Waals surface area contributed by atoms with Crippen molar-refractivity contribution in [1.29, 1.82) is 0 Å². The van der Waals surface area contributed by atoms with Crippen LogP contribution in [0.2, 0.25) is 0 Å². The lowest BCUT2D eigenvalue weighted by Gasteiger charge is -2.20. The minimum absolute atomic E-state index is 0.0350. The number of nitrogens with two attached hydrogens (primary N) is 1. The Labute approximate surface area is 197 Å². The predicted molar refractivity (Wildman–Crippen MR) is 130 cm³/mol. The smallest absolute Gasteiger partial charge is 0.330 e. The van der Waals surface area contributed by atoms with Crippen molar-refractivity contribution in [3.05, 3.63) is 74.7 Å². The monoisotopic (exact) mass is 488 g/mol. The SMILES string of the molecule is CCN(CC)S(=O)(=O)c1cc(C(=O)N(C)c2c(N)n(Cc3ccccc3)c(=O)[nH]c2=O)n(C)c1. The molecular formula is C22H28N6O5S. The van der Waals surface area contributed by atoms with Crippen LogP contribution in [0.25, 0.3) is 0 Å². The normalized spacial score (nSPS) is 11.7. The fourth-order valence-corrected chi connectivity index (χ4v) is 5.23. The van der Waals surface area contributed by atoms with Crippen LogP contribution >= 0.6 is 0 Å². The molecule has 34 heavy (non-hydrogen) atoms. The Bertz CT molecular complexity index is 1420. The van der Waals surface area contributed by atoms with Gasteiger partial charge in [0.2, 0.25) is 10.0 Å². The van der Waals surface area contributed by atoms with E-state index in [-0.39, 0.29) is 41.7 Å². The summed E-state index contributed by atoms with van der Waals surface area (Å²) in [6.07, 6.45) is 1.35. The number of nitrogens with one attached hydrogen (secondary N) is 1. The van der Waals surface area contributed by atoms with E-state index in [1.54, 1.807) is 38.1 Å². The molecule has 12 heteroatoms. The Kier molecular flexibility index (Phi) is 7.12. The number of aromatic amines is 1. The van der Waals surface area contributed by atoms with Crippen molar-refractivity contribution < 1.29 is 13.2 Å². The highest BCUT2D eigenvalue weighted by Crippen LogP contribution is 2.22. The molecule has 182 valence electrons. The molecule has 1 amide bonds. The van der Waals surface area contributed by atoms with Crippen LogP contribution in [-0.2, 0) is 23.6 Å². The van der Waals surface area contributed by atoms with Crippen molar-refractivity contribution >= 4 is 27.4 Å². The van der Waals surface area contributed by atoms with E-state index in [2.05, 4.69) is 4.98 Å². The molecule has 0 unspecified atom stereocenters. The molecule has 0 saturated heterocycles. The zero-order valence-corrected chi connectivity index (χ0v) is 20.3. The van der Waals surface area contributed by atoms with Crippen LogP contribution in [0.3, 0.4) is 0 Å². The van der Waals surface area contributed by atoms with E-state index in [0.717, 1.165) is 15.0 Å². The lowest BCUT2D eigenvalue weighted by molar-refractivity contribution is 0.0985. The third-order valence-corrected chi connectivity index (χ3v) is 7.60. The molecule has 0 aliphatic carbocycles. The van der Waals surface area contributed by atoms with Gasteiger partial charge in [0.05, 0.1) is 6.54 Å². The summed E-state index contributed by atoms with van der Waals surface area (Å²) in [5, 5.41) is 0. The maximum absolute atomic E-state index is 13.3. The van der Waals surface area contributed by atoms with Gasteiger partial charge in [-0.1, -0.05) is 44.2 Å². The van der Waals surface area contributed by atoms with Gasteiger partial charge in [0.15, 0.2) is 5.69 Å². The van der Waals surface area contributed by atoms with Crippen LogP contribution < -0.4 is 21.9 Å². The van der Waals surface area contributed by atoms with Gasteiger partial charge in [-0.15, -0.1) is 0 Å². The van der Waals surface area contributed by atoms with Gasteiger partial charge in [-0.3, -0.25) is 19.1 Å². The highest BCUT2D eigenvalue weighted by Gasteiger charge is 2.28. The van der Waals surface area contributed by atoms with Gasteiger partial charge < -0.3 is 15.2 Å². The Morgan fingerprint density at radius 2 is 1.74 bits per heavy atom. The number of nitrogens with zero attached hydrogens (tertiary/aromatic N) is 4. The van der Waals surface area contributed by atoms with E-state index in [0.29, 0.717) is 0 Å². The molecule has 3 N–H and O–H groups in total. The van der Waals surface area contributed by atoms with E-state index >= 15 is 0 Å². The first kappa shape index (κ1) is 25.0. The second-order valence-electron chi connectivity index (χ2n) is 7.69. The van der Waals surface area contributed by atoms with E-state index < -0.39 is 27.2 Å². The number of H-pyrrole nitrogens is 1. The van der Waals surface area contributed by atoms with E-state index in [4.69, 9.17) is 5.73 Å². The number of hydrogen-bond donors (Lipinski definition) is 2. The number of aryl methyl sites for hydroxylation is 1. The average Bonchev–Trinajstić information content (AvgIpc) is 3.19. The first-order valence-electron chi connectivity index (χ1n) is 10.6. The number of rotatable bonds is 8. The maximum Gasteiger partial charge on any atom is 0.330 e. The zero-order chi connectivity index (χ0) is 25.2. The van der Waals surface area contributed by atoms with Gasteiger partial charge in [0.1, 0.15) is 16.4 Å². The Hall–Kier alpha value is -3.64. The molecule has 0 radical (unpaired) electrons. The number of benzene rings is 1. The molecule has 0 atom stereocenters. The summed E-state index contributed by atoms with van der Waals surface area (Å²) >= 11 is 0. The van der Waals surface area contributed by atoms with Crippen LogP contribution in [-0.4, -0.2) is 52.9 Å². The van der Waals surface area contributed by atoms with Gasteiger partial charge in [0, 0.05) is 33.4 Å². The van der Waals surface area contributed by atoms with Crippen molar-refractivity contribution in [1.82, 2.24) is 18.4 Å². The van der Waals surface area contributed by atoms with Gasteiger partial charge in [0.25, 0.3) is 11.5 Å². The van der Waals surface area contributed by atoms with Gasteiger partial charge in [-0.05, 0) is 11.6 Å². The zero-order valence-electron chi connectivity index (χ0n) is 19.5. The number of carbonyl (C=O) groups excluding carboxylic acids is 1. The largest absolute Gasteiger partial charge is 0.383 e. The van der Waals surface area contributed by atoms with E-state index in [1.807, 2.05) is 6.07 Å². The third kappa shape index (κ3) is 4.54. The van der Waals surface area contributed by atoms with Crippen molar-refractivity contribution in [3.8, 4) is 0 Å². The summed E-state index contributed by atoms with van der Waals surface area (Å²) in [6.45, 7) is 4.11. The third-order valence-electron chi connectivity index (χ3n) is 5.58. The molecule has 0 aliphatic heterocycles. The molecule has 0 bridgehead atoms. The van der Waals surface area contributed by atoms with E-state index in [9.17, 15) is 22.8 Å². The highest BCUT2D eigenvalue weighted by atomic mass is 32.2. The minimum atomic E-state index is -3.79. The molecule has 3 aromatic rings. The van der Waals surface area contributed by atoms with Crippen molar-refractivity contribution in [2.75, 3.05) is 30.8 Å². The fourth-order valence-electron chi connectivity index (χ4n) is 3.70. The molecule has 2 aromatic heterocycles. The van der Waals surface area contributed by atoms with Crippen LogP contribution in [0.1, 0.15) is 29.9 Å². The maximum atomic E-state index is 13.3. The lowest BCUT2D eigenvalue weighted by Crippen LogP contribution is -2.39. The van der Waals surface area contributed by atoms with Crippen LogP contribution in [0.5, 0.6) is 0 Å². The summed E-state index contributed by atoms with van der Waals surface area (Å²) in [5.74, 6) is -0.843. The number of nitrogen functional groups attached to an aromatic ring is 1. The number of anilines is 2. The quantitative estimate of drug-likeness (QED) is 0.480. The molecule has 2 heterocycles. The van der Waals surface area contributed by atoms with Crippen LogP contribution in [0.15, 0.2) is 57.1 Å². The molecule has 11 nitrogen and oxygen atoms in total. The first-order valence-corrected chi connectivity index (χ1v) is 12.1. The topological polar surface area (TPSA) is 144 Å². The molecule has 1 aromatic carbocycles. The van der Waals surface area contributed by atoms with Crippen molar-refractivity contribution in [2.24, 2.45) is 7.05 Å². The molecule has 0 saturated carbocycles. The Morgan fingerprint density at radius 1 is 1.12 bits per heavy atom. The Morgan fingerprint density at radius 3 is 2.32 bits per heavy atom. The number of sulfonamides is 1. The Balaban J connectivity index is 2.03. The number of carbonyl (C=O) groups is 1. The number of hydrogen-bond acceptors (Lipinski definition) is 6. The highest BCUT2D eigenvalue weighted by molar-refractivity contribution is 7.89. The molecule has 0 aliphatic rings. The predicted octanol–water partition coefficient (Wildman–Crippen LogP) is 0.813. The average molecular weight is 489 g/mol.